The van der Waals surface area contributed by atoms with Crippen LogP contribution in [0, 0.1) is 11.3 Å². The zero-order valence-corrected chi connectivity index (χ0v) is 9.39. The van der Waals surface area contributed by atoms with Gasteiger partial charge in [0.1, 0.15) is 0 Å². The van der Waals surface area contributed by atoms with Crippen molar-refractivity contribution in [2.75, 3.05) is 7.05 Å². The highest BCUT2D eigenvalue weighted by molar-refractivity contribution is 4.99. The van der Waals surface area contributed by atoms with E-state index in [1.165, 1.54) is 6.42 Å². The Morgan fingerprint density at radius 2 is 1.75 bits per heavy atom. The standard InChI is InChI=1S/C11H23N/c1-7-10-11(4,5)8(2)9(3)12(10)6/h8-10H,7H2,1-6H3. The summed E-state index contributed by atoms with van der Waals surface area (Å²) in [4.78, 5) is 2.55. The Bertz CT molecular complexity index is 162. The molecule has 0 N–H and O–H groups in total. The zero-order chi connectivity index (χ0) is 9.52. The summed E-state index contributed by atoms with van der Waals surface area (Å²) in [6.07, 6.45) is 1.28. The van der Waals surface area contributed by atoms with Crippen molar-refractivity contribution in [3.63, 3.8) is 0 Å². The van der Waals surface area contributed by atoms with E-state index in [-0.39, 0.29) is 0 Å². The average molecular weight is 169 g/mol. The van der Waals surface area contributed by atoms with Crippen LogP contribution in [0.5, 0.6) is 0 Å². The van der Waals surface area contributed by atoms with Gasteiger partial charge in [-0.1, -0.05) is 27.7 Å². The molecule has 0 saturated carbocycles. The molecule has 1 heterocycles. The third-order valence-electron chi connectivity index (χ3n) is 4.28. The van der Waals surface area contributed by atoms with Crippen LogP contribution in [0.25, 0.3) is 0 Å². The van der Waals surface area contributed by atoms with E-state index in [1.807, 2.05) is 0 Å². The second-order valence-electron chi connectivity index (χ2n) is 4.94. The molecule has 12 heavy (non-hydrogen) atoms. The van der Waals surface area contributed by atoms with Crippen molar-refractivity contribution in [2.24, 2.45) is 11.3 Å². The van der Waals surface area contributed by atoms with E-state index in [2.05, 4.69) is 46.6 Å². The molecule has 0 spiro atoms. The lowest BCUT2D eigenvalue weighted by atomic mass is 9.75. The first-order valence-electron chi connectivity index (χ1n) is 5.14. The monoisotopic (exact) mass is 169 g/mol. The molecule has 1 saturated heterocycles. The highest BCUT2D eigenvalue weighted by Gasteiger charge is 2.47. The van der Waals surface area contributed by atoms with Gasteiger partial charge in [0.25, 0.3) is 0 Å². The highest BCUT2D eigenvalue weighted by Crippen LogP contribution is 2.44. The zero-order valence-electron chi connectivity index (χ0n) is 9.39. The van der Waals surface area contributed by atoms with E-state index in [1.54, 1.807) is 0 Å². The predicted molar refractivity (Wildman–Crippen MR) is 54.2 cm³/mol. The number of rotatable bonds is 1. The Hall–Kier alpha value is -0.0400. The topological polar surface area (TPSA) is 3.24 Å². The lowest BCUT2D eigenvalue weighted by Gasteiger charge is -2.31. The maximum Gasteiger partial charge on any atom is 0.0147 e. The summed E-state index contributed by atoms with van der Waals surface area (Å²) in [5, 5.41) is 0. The van der Waals surface area contributed by atoms with Crippen LogP contribution in [0.15, 0.2) is 0 Å². The fourth-order valence-electron chi connectivity index (χ4n) is 2.90. The normalized spacial score (nSPS) is 42.0. The van der Waals surface area contributed by atoms with E-state index >= 15 is 0 Å². The first kappa shape index (κ1) is 10.0. The smallest absolute Gasteiger partial charge is 0.0147 e. The van der Waals surface area contributed by atoms with Gasteiger partial charge in [-0.25, -0.2) is 0 Å². The van der Waals surface area contributed by atoms with E-state index in [0.717, 1.165) is 18.0 Å². The van der Waals surface area contributed by atoms with Gasteiger partial charge < -0.3 is 0 Å². The van der Waals surface area contributed by atoms with Gasteiger partial charge in [0, 0.05) is 12.1 Å². The minimum absolute atomic E-state index is 0.489. The fraction of sp³-hybridized carbons (Fsp3) is 1.00. The molecule has 0 aromatic rings. The molecule has 0 amide bonds. The quantitative estimate of drug-likeness (QED) is 0.583. The van der Waals surface area contributed by atoms with E-state index in [0.29, 0.717) is 5.41 Å². The molecule has 3 atom stereocenters. The summed E-state index contributed by atoms with van der Waals surface area (Å²) in [5.74, 6) is 0.812. The van der Waals surface area contributed by atoms with Crippen molar-refractivity contribution in [3.8, 4) is 0 Å². The van der Waals surface area contributed by atoms with Crippen LogP contribution in [0.2, 0.25) is 0 Å². The Morgan fingerprint density at radius 1 is 1.25 bits per heavy atom. The Morgan fingerprint density at radius 3 is 1.92 bits per heavy atom. The lowest BCUT2D eigenvalue weighted by Crippen LogP contribution is -2.35. The van der Waals surface area contributed by atoms with Crippen LogP contribution in [0.1, 0.15) is 41.0 Å². The van der Waals surface area contributed by atoms with Crippen molar-refractivity contribution in [1.82, 2.24) is 4.90 Å². The molecule has 1 rings (SSSR count). The summed E-state index contributed by atoms with van der Waals surface area (Å²) in [6, 6.07) is 1.51. The molecule has 0 aromatic heterocycles. The predicted octanol–water partition coefficient (Wildman–Crippen LogP) is 2.76. The lowest BCUT2D eigenvalue weighted by molar-refractivity contribution is 0.183. The molecular weight excluding hydrogens is 146 g/mol. The average Bonchev–Trinajstić information content (AvgIpc) is 2.13. The molecule has 1 fully saturated rings. The van der Waals surface area contributed by atoms with Gasteiger partial charge in [0.15, 0.2) is 0 Å². The van der Waals surface area contributed by atoms with Gasteiger partial charge >= 0.3 is 0 Å². The van der Waals surface area contributed by atoms with Gasteiger partial charge in [-0.2, -0.15) is 0 Å². The third kappa shape index (κ3) is 1.19. The van der Waals surface area contributed by atoms with Gasteiger partial charge in [0.2, 0.25) is 0 Å². The third-order valence-corrected chi connectivity index (χ3v) is 4.28. The first-order valence-corrected chi connectivity index (χ1v) is 5.14. The highest BCUT2D eigenvalue weighted by atomic mass is 15.2. The second kappa shape index (κ2) is 3.02. The van der Waals surface area contributed by atoms with Crippen molar-refractivity contribution in [2.45, 2.75) is 53.1 Å². The van der Waals surface area contributed by atoms with Gasteiger partial charge in [-0.05, 0) is 31.7 Å². The number of nitrogens with zero attached hydrogens (tertiary/aromatic N) is 1. The molecule has 0 aromatic carbocycles. The summed E-state index contributed by atoms with van der Waals surface area (Å²) in [6.45, 7) is 11.9. The van der Waals surface area contributed by atoms with Crippen LogP contribution in [0.3, 0.4) is 0 Å². The first-order chi connectivity index (χ1) is 5.42. The van der Waals surface area contributed by atoms with Crippen LogP contribution >= 0.6 is 0 Å². The maximum atomic E-state index is 2.55. The van der Waals surface area contributed by atoms with Crippen molar-refractivity contribution in [3.05, 3.63) is 0 Å². The summed E-state index contributed by atoms with van der Waals surface area (Å²) in [7, 11) is 2.27. The van der Waals surface area contributed by atoms with E-state index in [4.69, 9.17) is 0 Å². The molecule has 0 aliphatic carbocycles. The molecule has 72 valence electrons. The summed E-state index contributed by atoms with van der Waals surface area (Å²) >= 11 is 0. The Balaban J connectivity index is 2.88. The maximum absolute atomic E-state index is 2.55. The van der Waals surface area contributed by atoms with Crippen molar-refractivity contribution >= 4 is 0 Å². The van der Waals surface area contributed by atoms with E-state index < -0.39 is 0 Å². The van der Waals surface area contributed by atoms with Gasteiger partial charge in [0.05, 0.1) is 0 Å². The summed E-state index contributed by atoms with van der Waals surface area (Å²) < 4.78 is 0. The van der Waals surface area contributed by atoms with Crippen LogP contribution in [-0.2, 0) is 0 Å². The van der Waals surface area contributed by atoms with Crippen molar-refractivity contribution < 1.29 is 0 Å². The SMILES string of the molecule is CCC1N(C)C(C)C(C)C1(C)C. The molecule has 0 bridgehead atoms. The Labute approximate surface area is 77.1 Å². The van der Waals surface area contributed by atoms with Gasteiger partial charge in [-0.15, -0.1) is 0 Å². The molecule has 3 unspecified atom stereocenters. The molecule has 1 aliphatic heterocycles. The van der Waals surface area contributed by atoms with E-state index in [9.17, 15) is 0 Å². The number of hydrogen-bond donors (Lipinski definition) is 0. The van der Waals surface area contributed by atoms with Crippen LogP contribution < -0.4 is 0 Å². The second-order valence-corrected chi connectivity index (χ2v) is 4.94. The molecule has 0 radical (unpaired) electrons. The number of hydrogen-bond acceptors (Lipinski definition) is 1. The Kier molecular flexibility index (Phi) is 2.53. The van der Waals surface area contributed by atoms with Crippen molar-refractivity contribution in [1.29, 1.82) is 0 Å². The molecule has 1 heteroatoms. The molecular formula is C11H23N. The molecule has 1 aliphatic rings. The van der Waals surface area contributed by atoms with Gasteiger partial charge in [-0.3, -0.25) is 4.90 Å². The summed E-state index contributed by atoms with van der Waals surface area (Å²) in [5.41, 5.74) is 0.489. The largest absolute Gasteiger partial charge is 0.300 e. The minimum atomic E-state index is 0.489. The van der Waals surface area contributed by atoms with Crippen LogP contribution in [0.4, 0.5) is 0 Å². The minimum Gasteiger partial charge on any atom is -0.300 e. The van der Waals surface area contributed by atoms with Crippen LogP contribution in [-0.4, -0.2) is 24.0 Å². The fourth-order valence-corrected chi connectivity index (χ4v) is 2.90. The number of likely N-dealkylation sites (tertiary alicyclic amines) is 1. The molecule has 1 nitrogen and oxygen atoms in total.